The first-order valence-electron chi connectivity index (χ1n) is 9.46. The molecule has 0 spiro atoms. The van der Waals surface area contributed by atoms with Gasteiger partial charge in [0.25, 0.3) is 5.91 Å². The molecule has 11 heteroatoms. The third-order valence-corrected chi connectivity index (χ3v) is 5.15. The van der Waals surface area contributed by atoms with Gasteiger partial charge in [-0.25, -0.2) is 4.98 Å². The fourth-order valence-corrected chi connectivity index (χ4v) is 3.47. The summed E-state index contributed by atoms with van der Waals surface area (Å²) in [5, 5.41) is 17.0. The van der Waals surface area contributed by atoms with Crippen LogP contribution in [0.4, 0.5) is 11.4 Å². The number of ether oxygens (including phenoxy) is 1. The molecule has 1 aromatic heterocycles. The van der Waals surface area contributed by atoms with Gasteiger partial charge < -0.3 is 14.5 Å². The number of thiocarbonyl (C=S) groups is 1. The Balaban J connectivity index is 1.51. The van der Waals surface area contributed by atoms with Gasteiger partial charge in [-0.1, -0.05) is 23.7 Å². The number of halogens is 1. The second-order valence-corrected chi connectivity index (χ2v) is 7.55. The van der Waals surface area contributed by atoms with E-state index in [-0.39, 0.29) is 22.1 Å². The molecule has 0 aliphatic heterocycles. The summed E-state index contributed by atoms with van der Waals surface area (Å²) in [5.74, 6) is -0.234. The highest BCUT2D eigenvalue weighted by Gasteiger charge is 2.19. The molecule has 9 nitrogen and oxygen atoms in total. The van der Waals surface area contributed by atoms with Gasteiger partial charge in [0.15, 0.2) is 16.4 Å². The van der Waals surface area contributed by atoms with Gasteiger partial charge in [-0.3, -0.25) is 20.2 Å². The second-order valence-electron chi connectivity index (χ2n) is 6.73. The van der Waals surface area contributed by atoms with Crippen LogP contribution in [0.3, 0.4) is 0 Å². The number of amides is 1. The van der Waals surface area contributed by atoms with E-state index < -0.39 is 10.8 Å². The van der Waals surface area contributed by atoms with E-state index in [2.05, 4.69) is 15.6 Å². The molecule has 0 aliphatic rings. The lowest BCUT2D eigenvalue weighted by Crippen LogP contribution is -2.34. The maximum atomic E-state index is 12.5. The quantitative estimate of drug-likeness (QED) is 0.226. The molecule has 0 radical (unpaired) electrons. The average molecular weight is 483 g/mol. The van der Waals surface area contributed by atoms with Gasteiger partial charge >= 0.3 is 5.69 Å². The van der Waals surface area contributed by atoms with Gasteiger partial charge in [0.05, 0.1) is 22.6 Å². The first-order chi connectivity index (χ1) is 15.9. The predicted octanol–water partition coefficient (Wildman–Crippen LogP) is 5.19. The van der Waals surface area contributed by atoms with Crippen molar-refractivity contribution >= 4 is 57.3 Å². The van der Waals surface area contributed by atoms with Crippen LogP contribution in [0.5, 0.6) is 5.75 Å². The Kier molecular flexibility index (Phi) is 6.20. The zero-order chi connectivity index (χ0) is 23.5. The number of carbonyl (C=O) groups is 1. The molecule has 0 atom stereocenters. The number of rotatable bonds is 5. The van der Waals surface area contributed by atoms with Crippen LogP contribution in [-0.4, -0.2) is 28.0 Å². The Morgan fingerprint density at radius 3 is 2.70 bits per heavy atom. The van der Waals surface area contributed by atoms with Crippen LogP contribution < -0.4 is 15.4 Å². The fraction of sp³-hybridized carbons (Fsp3) is 0.0455. The molecule has 1 heterocycles. The lowest BCUT2D eigenvalue weighted by Gasteiger charge is -2.11. The molecule has 0 saturated heterocycles. The molecule has 4 rings (SSSR count). The van der Waals surface area contributed by atoms with Crippen molar-refractivity contribution in [1.82, 2.24) is 10.3 Å². The van der Waals surface area contributed by atoms with Crippen LogP contribution in [0.25, 0.3) is 22.6 Å². The first kappa shape index (κ1) is 22.2. The predicted molar refractivity (Wildman–Crippen MR) is 128 cm³/mol. The number of methoxy groups -OCH3 is 1. The summed E-state index contributed by atoms with van der Waals surface area (Å²) in [4.78, 5) is 27.5. The smallest absolute Gasteiger partial charge is 0.311 e. The molecule has 166 valence electrons. The van der Waals surface area contributed by atoms with Crippen molar-refractivity contribution in [1.29, 1.82) is 0 Å². The maximum absolute atomic E-state index is 12.5. The van der Waals surface area contributed by atoms with E-state index in [1.54, 1.807) is 24.3 Å². The summed E-state index contributed by atoms with van der Waals surface area (Å²) in [6.45, 7) is 0. The second kappa shape index (κ2) is 9.23. The van der Waals surface area contributed by atoms with Gasteiger partial charge in [-0.2, -0.15) is 0 Å². The summed E-state index contributed by atoms with van der Waals surface area (Å²) >= 11 is 11.5. The highest BCUT2D eigenvalue weighted by Crippen LogP contribution is 2.32. The average Bonchev–Trinajstić information content (AvgIpc) is 3.23. The molecule has 33 heavy (non-hydrogen) atoms. The van der Waals surface area contributed by atoms with Crippen molar-refractivity contribution in [3.63, 3.8) is 0 Å². The van der Waals surface area contributed by atoms with Crippen molar-refractivity contribution in [2.75, 3.05) is 12.4 Å². The molecule has 1 amide bonds. The third kappa shape index (κ3) is 4.76. The number of benzene rings is 3. The number of hydrogen-bond acceptors (Lipinski definition) is 7. The molecular formula is C22H15ClN4O5S. The summed E-state index contributed by atoms with van der Waals surface area (Å²) in [5.41, 5.74) is 2.11. The number of anilines is 1. The number of para-hydroxylation sites is 2. The molecule has 0 unspecified atom stereocenters. The zero-order valence-corrected chi connectivity index (χ0v) is 18.6. The van der Waals surface area contributed by atoms with Gasteiger partial charge in [0.1, 0.15) is 5.52 Å². The lowest BCUT2D eigenvalue weighted by molar-refractivity contribution is -0.385. The van der Waals surface area contributed by atoms with Gasteiger partial charge in [0.2, 0.25) is 5.89 Å². The highest BCUT2D eigenvalue weighted by atomic mass is 35.5. The van der Waals surface area contributed by atoms with Crippen molar-refractivity contribution in [3.05, 3.63) is 81.4 Å². The van der Waals surface area contributed by atoms with E-state index in [0.29, 0.717) is 33.3 Å². The maximum Gasteiger partial charge on any atom is 0.311 e. The zero-order valence-electron chi connectivity index (χ0n) is 17.0. The number of nitrogens with zero attached hydrogens (tertiary/aromatic N) is 2. The van der Waals surface area contributed by atoms with E-state index >= 15 is 0 Å². The number of hydrogen-bond donors (Lipinski definition) is 2. The minimum atomic E-state index is -0.631. The number of carbonyl (C=O) groups excluding carboxylic acids is 1. The van der Waals surface area contributed by atoms with Crippen LogP contribution in [-0.2, 0) is 0 Å². The molecule has 0 aliphatic carbocycles. The Morgan fingerprint density at radius 2 is 1.97 bits per heavy atom. The Labute approximate surface area is 197 Å². The van der Waals surface area contributed by atoms with Crippen LogP contribution in [0.1, 0.15) is 10.4 Å². The van der Waals surface area contributed by atoms with Gasteiger partial charge in [-0.05, 0) is 54.7 Å². The first-order valence-corrected chi connectivity index (χ1v) is 10.2. The van der Waals surface area contributed by atoms with E-state index in [0.717, 1.165) is 6.07 Å². The van der Waals surface area contributed by atoms with Crippen molar-refractivity contribution in [3.8, 4) is 17.2 Å². The van der Waals surface area contributed by atoms with E-state index in [9.17, 15) is 14.9 Å². The minimum Gasteiger partial charge on any atom is -0.490 e. The van der Waals surface area contributed by atoms with Crippen molar-refractivity contribution in [2.45, 2.75) is 0 Å². The Hall–Kier alpha value is -4.02. The SMILES string of the molecule is COc1ccc(C(=O)NC(=S)Nc2ccc(Cl)c(-c3nc4ccccc4o3)c2)cc1[N+](=O)[O-]. The molecule has 0 saturated carbocycles. The third-order valence-electron chi connectivity index (χ3n) is 4.61. The number of fused-ring (bicyclic) bond motifs is 1. The number of nitro groups is 1. The van der Waals surface area contributed by atoms with E-state index in [1.807, 2.05) is 18.2 Å². The van der Waals surface area contributed by atoms with Gasteiger partial charge in [-0.15, -0.1) is 0 Å². The monoisotopic (exact) mass is 482 g/mol. The summed E-state index contributed by atoms with van der Waals surface area (Å²) < 4.78 is 10.7. The number of nitrogens with one attached hydrogen (secondary N) is 2. The molecule has 4 aromatic rings. The van der Waals surface area contributed by atoms with Crippen LogP contribution in [0, 0.1) is 10.1 Å². The summed E-state index contributed by atoms with van der Waals surface area (Å²) in [6, 6.07) is 16.2. The molecule has 0 fully saturated rings. The molecule has 0 bridgehead atoms. The van der Waals surface area contributed by atoms with Crippen LogP contribution in [0.2, 0.25) is 5.02 Å². The van der Waals surface area contributed by atoms with Crippen molar-refractivity contribution in [2.24, 2.45) is 0 Å². The van der Waals surface area contributed by atoms with Gasteiger partial charge in [0, 0.05) is 17.3 Å². The number of aromatic nitrogens is 1. The molecular weight excluding hydrogens is 468 g/mol. The largest absolute Gasteiger partial charge is 0.490 e. The summed E-state index contributed by atoms with van der Waals surface area (Å²) in [6.07, 6.45) is 0. The topological polar surface area (TPSA) is 120 Å². The van der Waals surface area contributed by atoms with Crippen LogP contribution >= 0.6 is 23.8 Å². The lowest BCUT2D eigenvalue weighted by atomic mass is 10.1. The number of oxazole rings is 1. The van der Waals surface area contributed by atoms with E-state index in [4.69, 9.17) is 33.0 Å². The minimum absolute atomic E-state index is 0.00990. The fourth-order valence-electron chi connectivity index (χ4n) is 3.07. The Morgan fingerprint density at radius 1 is 1.18 bits per heavy atom. The standard InChI is InChI=1S/C22H15ClN4O5S/c1-31-19-9-6-12(10-17(19)27(29)30)20(28)26-22(33)24-13-7-8-15(23)14(11-13)21-25-16-4-2-3-5-18(16)32-21/h2-11H,1H3,(H2,24,26,28,33). The normalized spacial score (nSPS) is 10.6. The molecule has 2 N–H and O–H groups in total. The Bertz CT molecular complexity index is 1370. The van der Waals surface area contributed by atoms with Crippen molar-refractivity contribution < 1.29 is 18.9 Å². The van der Waals surface area contributed by atoms with E-state index in [1.165, 1.54) is 19.2 Å². The number of nitro benzene ring substituents is 1. The van der Waals surface area contributed by atoms with Crippen LogP contribution in [0.15, 0.2) is 65.1 Å². The molecule has 3 aromatic carbocycles. The summed E-state index contributed by atoms with van der Waals surface area (Å²) in [7, 11) is 1.31. The highest BCUT2D eigenvalue weighted by molar-refractivity contribution is 7.80.